The van der Waals surface area contributed by atoms with Gasteiger partial charge in [0.05, 0.1) is 7.11 Å². The minimum absolute atomic E-state index is 0.134. The van der Waals surface area contributed by atoms with Crippen molar-refractivity contribution in [3.05, 3.63) is 83.9 Å². The summed E-state index contributed by atoms with van der Waals surface area (Å²) < 4.78 is 34.3. The van der Waals surface area contributed by atoms with Gasteiger partial charge in [-0.1, -0.05) is 24.3 Å². The summed E-state index contributed by atoms with van der Waals surface area (Å²) in [7, 11) is -2.14. The molecule has 6 nitrogen and oxygen atoms in total. The van der Waals surface area contributed by atoms with Crippen LogP contribution in [0.15, 0.2) is 82.1 Å². The molecule has 0 fully saturated rings. The van der Waals surface area contributed by atoms with Crippen molar-refractivity contribution in [2.45, 2.75) is 11.4 Å². The van der Waals surface area contributed by atoms with Crippen LogP contribution >= 0.6 is 0 Å². The Bertz CT molecular complexity index is 1140. The van der Waals surface area contributed by atoms with Gasteiger partial charge in [0, 0.05) is 17.8 Å². The van der Waals surface area contributed by atoms with Crippen LogP contribution in [0, 0.1) is 0 Å². The van der Waals surface area contributed by atoms with Crippen LogP contribution in [-0.2, 0) is 16.6 Å². The Labute approximate surface area is 163 Å². The smallest absolute Gasteiger partial charge is 0.285 e. The van der Waals surface area contributed by atoms with Crippen LogP contribution in [0.3, 0.4) is 0 Å². The minimum atomic E-state index is -3.74. The summed E-state index contributed by atoms with van der Waals surface area (Å²) in [5, 5.41) is 9.63. The molecule has 0 atom stereocenters. The molecule has 0 unspecified atom stereocenters. The molecule has 1 heterocycles. The molecule has 3 aromatic rings. The first-order valence-electron chi connectivity index (χ1n) is 8.62. The Morgan fingerprint density at radius 3 is 2.32 bits per heavy atom. The highest BCUT2D eigenvalue weighted by Gasteiger charge is 2.32. The number of phenols is 1. The van der Waals surface area contributed by atoms with E-state index >= 15 is 0 Å². The molecule has 0 aliphatic carbocycles. The fourth-order valence-electron chi connectivity index (χ4n) is 3.12. The van der Waals surface area contributed by atoms with Gasteiger partial charge >= 0.3 is 0 Å². The van der Waals surface area contributed by atoms with Crippen molar-refractivity contribution in [1.82, 2.24) is 0 Å². The second kappa shape index (κ2) is 7.01. The standard InChI is InChI=1S/C21H18N2O4S/c1-27-18-12-6-15(7-13-18)14-23(16-8-10-17(24)11-9-16)21-19-4-2-3-5-20(19)28(25,26)22-21/h2-13,24H,14H2,1H3. The van der Waals surface area contributed by atoms with Gasteiger partial charge in [0.25, 0.3) is 10.0 Å². The van der Waals surface area contributed by atoms with Crippen molar-refractivity contribution in [1.29, 1.82) is 0 Å². The van der Waals surface area contributed by atoms with Crippen LogP contribution in [0.1, 0.15) is 11.1 Å². The molecule has 0 radical (unpaired) electrons. The van der Waals surface area contributed by atoms with Crippen molar-refractivity contribution in [3.63, 3.8) is 0 Å². The molecule has 0 aromatic heterocycles. The van der Waals surface area contributed by atoms with Crippen LogP contribution in [0.5, 0.6) is 11.5 Å². The number of aromatic hydroxyl groups is 1. The predicted octanol–water partition coefficient (Wildman–Crippen LogP) is 3.56. The Kier molecular flexibility index (Phi) is 4.52. The number of hydrogen-bond acceptors (Lipinski definition) is 5. The highest BCUT2D eigenvalue weighted by atomic mass is 32.2. The lowest BCUT2D eigenvalue weighted by atomic mass is 10.1. The summed E-state index contributed by atoms with van der Waals surface area (Å²) in [5.41, 5.74) is 2.24. The van der Waals surface area contributed by atoms with E-state index in [1.54, 1.807) is 55.6 Å². The fourth-order valence-corrected chi connectivity index (χ4v) is 4.33. The number of methoxy groups -OCH3 is 1. The van der Waals surface area contributed by atoms with Crippen LogP contribution in [0.25, 0.3) is 0 Å². The predicted molar refractivity (Wildman–Crippen MR) is 107 cm³/mol. The molecule has 1 aliphatic rings. The van der Waals surface area contributed by atoms with Gasteiger partial charge in [0.1, 0.15) is 16.4 Å². The van der Waals surface area contributed by atoms with Gasteiger partial charge in [0.2, 0.25) is 0 Å². The summed E-state index contributed by atoms with van der Waals surface area (Å²) in [4.78, 5) is 2.02. The third kappa shape index (κ3) is 3.32. The van der Waals surface area contributed by atoms with E-state index in [2.05, 4.69) is 4.40 Å². The zero-order chi connectivity index (χ0) is 19.7. The molecule has 0 saturated heterocycles. The Hall–Kier alpha value is -3.32. The van der Waals surface area contributed by atoms with E-state index < -0.39 is 10.0 Å². The highest BCUT2D eigenvalue weighted by Crippen LogP contribution is 2.31. The normalized spacial score (nSPS) is 14.2. The lowest BCUT2D eigenvalue weighted by Gasteiger charge is -2.25. The van der Waals surface area contributed by atoms with E-state index in [4.69, 9.17) is 4.74 Å². The van der Waals surface area contributed by atoms with Crippen LogP contribution in [-0.4, -0.2) is 26.5 Å². The molecule has 1 aliphatic heterocycles. The van der Waals surface area contributed by atoms with Crippen molar-refractivity contribution < 1.29 is 18.3 Å². The average molecular weight is 394 g/mol. The summed E-state index contributed by atoms with van der Waals surface area (Å²) in [6.45, 7) is 0.400. The van der Waals surface area contributed by atoms with Crippen molar-refractivity contribution in [3.8, 4) is 11.5 Å². The first-order chi connectivity index (χ1) is 13.5. The number of ether oxygens (including phenoxy) is 1. The zero-order valence-corrected chi connectivity index (χ0v) is 15.9. The second-order valence-corrected chi connectivity index (χ2v) is 7.91. The summed E-state index contributed by atoms with van der Waals surface area (Å²) >= 11 is 0. The number of benzene rings is 3. The highest BCUT2D eigenvalue weighted by molar-refractivity contribution is 7.90. The van der Waals surface area contributed by atoms with Gasteiger partial charge in [-0.25, -0.2) is 0 Å². The third-order valence-corrected chi connectivity index (χ3v) is 5.85. The van der Waals surface area contributed by atoms with Crippen LogP contribution < -0.4 is 9.64 Å². The number of rotatable bonds is 4. The fraction of sp³-hybridized carbons (Fsp3) is 0.0952. The van der Waals surface area contributed by atoms with E-state index in [9.17, 15) is 13.5 Å². The number of sulfonamides is 1. The molecule has 0 amide bonds. The van der Waals surface area contributed by atoms with E-state index in [-0.39, 0.29) is 10.6 Å². The first-order valence-corrected chi connectivity index (χ1v) is 10.1. The Balaban J connectivity index is 1.80. The number of anilines is 1. The number of hydrogen-bond donors (Lipinski definition) is 1. The largest absolute Gasteiger partial charge is 0.508 e. The molecular weight excluding hydrogens is 376 g/mol. The third-order valence-electron chi connectivity index (χ3n) is 4.53. The summed E-state index contributed by atoms with van der Waals surface area (Å²) in [5.74, 6) is 1.23. The van der Waals surface area contributed by atoms with Crippen LogP contribution in [0.4, 0.5) is 5.69 Å². The van der Waals surface area contributed by atoms with Gasteiger partial charge in [-0.3, -0.25) is 0 Å². The zero-order valence-electron chi connectivity index (χ0n) is 15.1. The molecule has 0 bridgehead atoms. The van der Waals surface area contributed by atoms with Gasteiger partial charge in [0.15, 0.2) is 5.84 Å². The summed E-state index contributed by atoms with van der Waals surface area (Å²) in [6, 6.07) is 20.9. The van der Waals surface area contributed by atoms with Crippen molar-refractivity contribution >= 4 is 21.5 Å². The molecule has 142 valence electrons. The monoisotopic (exact) mass is 394 g/mol. The number of fused-ring (bicyclic) bond motifs is 1. The topological polar surface area (TPSA) is 79.2 Å². The maximum Gasteiger partial charge on any atom is 0.285 e. The average Bonchev–Trinajstić information content (AvgIpc) is 2.99. The lowest BCUT2D eigenvalue weighted by Crippen LogP contribution is -2.30. The molecule has 28 heavy (non-hydrogen) atoms. The molecule has 3 aromatic carbocycles. The number of phenolic OH excluding ortho intramolecular Hbond substituents is 1. The van der Waals surface area contributed by atoms with Crippen LogP contribution in [0.2, 0.25) is 0 Å². The van der Waals surface area contributed by atoms with Crippen molar-refractivity contribution in [2.24, 2.45) is 4.40 Å². The maximum absolute atomic E-state index is 12.5. The van der Waals surface area contributed by atoms with E-state index in [0.717, 1.165) is 17.0 Å². The first kappa shape index (κ1) is 18.1. The summed E-state index contributed by atoms with van der Waals surface area (Å²) in [6.07, 6.45) is 0. The van der Waals surface area contributed by atoms with Gasteiger partial charge in [-0.2, -0.15) is 8.42 Å². The van der Waals surface area contributed by atoms with Gasteiger partial charge in [-0.05, 0) is 54.1 Å². The van der Waals surface area contributed by atoms with Crippen molar-refractivity contribution in [2.75, 3.05) is 12.0 Å². The number of nitrogens with zero attached hydrogens (tertiary/aromatic N) is 2. The molecular formula is C21H18N2O4S. The Morgan fingerprint density at radius 2 is 1.64 bits per heavy atom. The lowest BCUT2D eigenvalue weighted by molar-refractivity contribution is 0.414. The van der Waals surface area contributed by atoms with E-state index in [1.807, 2.05) is 29.2 Å². The molecule has 7 heteroatoms. The maximum atomic E-state index is 12.5. The van der Waals surface area contributed by atoms with E-state index in [1.165, 1.54) is 0 Å². The minimum Gasteiger partial charge on any atom is -0.508 e. The molecule has 4 rings (SSSR count). The van der Waals surface area contributed by atoms with E-state index in [0.29, 0.717) is 17.9 Å². The van der Waals surface area contributed by atoms with Gasteiger partial charge in [-0.15, -0.1) is 4.40 Å². The molecule has 0 saturated carbocycles. The Morgan fingerprint density at radius 1 is 0.964 bits per heavy atom. The quantitative estimate of drug-likeness (QED) is 0.732. The van der Waals surface area contributed by atoms with Gasteiger partial charge < -0.3 is 14.7 Å². The molecule has 0 spiro atoms. The second-order valence-electron chi connectivity index (χ2n) is 6.34. The SMILES string of the molecule is COc1ccc(CN(C2=NS(=O)(=O)c3ccccc32)c2ccc(O)cc2)cc1. The number of amidine groups is 1. The molecule has 1 N–H and O–H groups in total.